The molecule has 1 atom stereocenters. The van der Waals surface area contributed by atoms with Crippen molar-refractivity contribution in [3.63, 3.8) is 0 Å². The van der Waals surface area contributed by atoms with Crippen LogP contribution in [0.2, 0.25) is 0 Å². The highest BCUT2D eigenvalue weighted by molar-refractivity contribution is 4.98. The fourth-order valence-electron chi connectivity index (χ4n) is 3.81. The number of nitrogens with zero attached hydrogens (tertiary/aromatic N) is 3. The fourth-order valence-corrected chi connectivity index (χ4v) is 3.81. The minimum Gasteiger partial charge on any atom is -0.396 e. The van der Waals surface area contributed by atoms with E-state index in [9.17, 15) is 5.11 Å². The standard InChI is InChI=1S/C15H26N4O/c20-10-6-15-12-18(11-13-5-7-16-17-13)8-9-19(15)14-3-1-2-4-14/h5,7,14-15,20H,1-4,6,8-12H2,(H,16,17). The molecule has 2 fully saturated rings. The second-order valence-electron chi connectivity index (χ2n) is 6.16. The van der Waals surface area contributed by atoms with Gasteiger partial charge in [-0.3, -0.25) is 14.9 Å². The van der Waals surface area contributed by atoms with Gasteiger partial charge in [0.15, 0.2) is 0 Å². The summed E-state index contributed by atoms with van der Waals surface area (Å²) in [5, 5.41) is 16.4. The first-order valence-corrected chi connectivity index (χ1v) is 7.94. The van der Waals surface area contributed by atoms with E-state index >= 15 is 0 Å². The van der Waals surface area contributed by atoms with Gasteiger partial charge in [-0.2, -0.15) is 5.10 Å². The summed E-state index contributed by atoms with van der Waals surface area (Å²) < 4.78 is 0. The highest BCUT2D eigenvalue weighted by Gasteiger charge is 2.32. The first-order valence-electron chi connectivity index (χ1n) is 7.94. The number of rotatable bonds is 5. The second kappa shape index (κ2) is 6.70. The van der Waals surface area contributed by atoms with Gasteiger partial charge in [0.1, 0.15) is 0 Å². The van der Waals surface area contributed by atoms with Crippen LogP contribution in [0.25, 0.3) is 0 Å². The van der Waals surface area contributed by atoms with Crippen LogP contribution in [-0.2, 0) is 6.54 Å². The van der Waals surface area contributed by atoms with E-state index in [-0.39, 0.29) is 0 Å². The lowest BCUT2D eigenvalue weighted by Gasteiger charge is -2.44. The van der Waals surface area contributed by atoms with Crippen LogP contribution < -0.4 is 0 Å². The van der Waals surface area contributed by atoms with Gasteiger partial charge in [0.05, 0.1) is 0 Å². The van der Waals surface area contributed by atoms with Crippen molar-refractivity contribution < 1.29 is 5.11 Å². The van der Waals surface area contributed by atoms with E-state index in [0.29, 0.717) is 12.6 Å². The number of hydrogen-bond acceptors (Lipinski definition) is 4. The summed E-state index contributed by atoms with van der Waals surface area (Å²) in [4.78, 5) is 5.16. The molecule has 5 nitrogen and oxygen atoms in total. The maximum absolute atomic E-state index is 9.36. The molecule has 1 aromatic heterocycles. The Bertz CT molecular complexity index is 389. The summed E-state index contributed by atoms with van der Waals surface area (Å²) in [7, 11) is 0. The second-order valence-corrected chi connectivity index (χ2v) is 6.16. The van der Waals surface area contributed by atoms with Crippen molar-refractivity contribution in [2.75, 3.05) is 26.2 Å². The van der Waals surface area contributed by atoms with Crippen molar-refractivity contribution in [3.05, 3.63) is 18.0 Å². The van der Waals surface area contributed by atoms with Crippen molar-refractivity contribution in [1.82, 2.24) is 20.0 Å². The lowest BCUT2D eigenvalue weighted by molar-refractivity contribution is 0.0263. The third-order valence-corrected chi connectivity index (χ3v) is 4.82. The van der Waals surface area contributed by atoms with Gasteiger partial charge in [0, 0.05) is 56.8 Å². The average molecular weight is 278 g/mol. The Hall–Kier alpha value is -0.910. The number of piperazine rings is 1. The predicted molar refractivity (Wildman–Crippen MR) is 78.3 cm³/mol. The molecule has 0 spiro atoms. The van der Waals surface area contributed by atoms with Crippen molar-refractivity contribution in [2.45, 2.75) is 50.7 Å². The Balaban J connectivity index is 1.59. The number of H-pyrrole nitrogens is 1. The summed E-state index contributed by atoms with van der Waals surface area (Å²) >= 11 is 0. The van der Waals surface area contributed by atoms with Crippen LogP contribution in [0.5, 0.6) is 0 Å². The van der Waals surface area contributed by atoms with Crippen molar-refractivity contribution in [2.24, 2.45) is 0 Å². The van der Waals surface area contributed by atoms with Gasteiger partial charge in [-0.15, -0.1) is 0 Å². The number of aliphatic hydroxyl groups is 1. The lowest BCUT2D eigenvalue weighted by atomic mass is 10.0. The van der Waals surface area contributed by atoms with E-state index in [0.717, 1.165) is 38.6 Å². The molecule has 1 unspecified atom stereocenters. The Morgan fingerprint density at radius 2 is 2.15 bits per heavy atom. The average Bonchev–Trinajstić information content (AvgIpc) is 3.12. The molecule has 112 valence electrons. The maximum atomic E-state index is 9.36. The monoisotopic (exact) mass is 278 g/mol. The Labute approximate surface area is 121 Å². The van der Waals surface area contributed by atoms with Crippen molar-refractivity contribution >= 4 is 0 Å². The quantitative estimate of drug-likeness (QED) is 0.850. The number of hydrogen-bond donors (Lipinski definition) is 2. The molecule has 1 saturated heterocycles. The minimum absolute atomic E-state index is 0.297. The van der Waals surface area contributed by atoms with Crippen LogP contribution in [0.3, 0.4) is 0 Å². The minimum atomic E-state index is 0.297. The van der Waals surface area contributed by atoms with Crippen LogP contribution in [0, 0.1) is 0 Å². The molecule has 5 heteroatoms. The smallest absolute Gasteiger partial charge is 0.0492 e. The van der Waals surface area contributed by atoms with E-state index in [1.165, 1.54) is 31.4 Å². The molecule has 0 radical (unpaired) electrons. The first kappa shape index (κ1) is 14.0. The molecule has 1 aliphatic heterocycles. The normalized spacial score (nSPS) is 26.4. The Morgan fingerprint density at radius 1 is 1.30 bits per heavy atom. The van der Waals surface area contributed by atoms with Crippen LogP contribution in [0.15, 0.2) is 12.3 Å². The Morgan fingerprint density at radius 3 is 2.85 bits per heavy atom. The molecule has 2 heterocycles. The molecule has 2 aliphatic rings. The number of aromatic nitrogens is 2. The zero-order valence-corrected chi connectivity index (χ0v) is 12.2. The third kappa shape index (κ3) is 3.22. The number of nitrogens with one attached hydrogen (secondary N) is 1. The van der Waals surface area contributed by atoms with E-state index in [2.05, 4.69) is 20.0 Å². The molecule has 20 heavy (non-hydrogen) atoms. The van der Waals surface area contributed by atoms with E-state index < -0.39 is 0 Å². The van der Waals surface area contributed by atoms with Crippen LogP contribution in [0.1, 0.15) is 37.8 Å². The molecule has 2 N–H and O–H groups in total. The summed E-state index contributed by atoms with van der Waals surface area (Å²) in [5.41, 5.74) is 1.18. The van der Waals surface area contributed by atoms with Gasteiger partial charge in [-0.1, -0.05) is 12.8 Å². The zero-order valence-electron chi connectivity index (χ0n) is 12.2. The SMILES string of the molecule is OCCC1CN(Cc2ccn[nH]2)CCN1C1CCCC1. The van der Waals surface area contributed by atoms with Gasteiger partial charge in [0.25, 0.3) is 0 Å². The largest absolute Gasteiger partial charge is 0.396 e. The van der Waals surface area contributed by atoms with Crippen LogP contribution in [-0.4, -0.2) is 63.4 Å². The highest BCUT2D eigenvalue weighted by Crippen LogP contribution is 2.28. The molecule has 1 saturated carbocycles. The molecular weight excluding hydrogens is 252 g/mol. The summed E-state index contributed by atoms with van der Waals surface area (Å²) in [6, 6.07) is 3.32. The van der Waals surface area contributed by atoms with Gasteiger partial charge in [-0.05, 0) is 25.3 Å². The van der Waals surface area contributed by atoms with E-state index in [1.807, 2.05) is 12.3 Å². The first-order chi connectivity index (χ1) is 9.86. The van der Waals surface area contributed by atoms with Crippen LogP contribution >= 0.6 is 0 Å². The summed E-state index contributed by atoms with van der Waals surface area (Å²) in [6.45, 7) is 4.57. The zero-order chi connectivity index (χ0) is 13.8. The summed E-state index contributed by atoms with van der Waals surface area (Å²) in [6.07, 6.45) is 8.17. The molecule has 0 aromatic carbocycles. The molecule has 0 bridgehead atoms. The van der Waals surface area contributed by atoms with Crippen molar-refractivity contribution in [1.29, 1.82) is 0 Å². The van der Waals surface area contributed by atoms with Gasteiger partial charge in [-0.25, -0.2) is 0 Å². The van der Waals surface area contributed by atoms with Crippen LogP contribution in [0.4, 0.5) is 0 Å². The molecule has 3 rings (SSSR count). The topological polar surface area (TPSA) is 55.4 Å². The summed E-state index contributed by atoms with van der Waals surface area (Å²) in [5.74, 6) is 0. The Kier molecular flexibility index (Phi) is 4.70. The number of aromatic amines is 1. The van der Waals surface area contributed by atoms with E-state index in [1.54, 1.807) is 0 Å². The van der Waals surface area contributed by atoms with Gasteiger partial charge >= 0.3 is 0 Å². The predicted octanol–water partition coefficient (Wildman–Crippen LogP) is 1.22. The van der Waals surface area contributed by atoms with E-state index in [4.69, 9.17) is 0 Å². The molecule has 0 amide bonds. The third-order valence-electron chi connectivity index (χ3n) is 4.82. The molecular formula is C15H26N4O. The van der Waals surface area contributed by atoms with Crippen molar-refractivity contribution in [3.8, 4) is 0 Å². The molecule has 1 aliphatic carbocycles. The highest BCUT2D eigenvalue weighted by atomic mass is 16.3. The maximum Gasteiger partial charge on any atom is 0.0492 e. The lowest BCUT2D eigenvalue weighted by Crippen LogP contribution is -2.56. The van der Waals surface area contributed by atoms with Gasteiger partial charge in [0.2, 0.25) is 0 Å². The number of aliphatic hydroxyl groups excluding tert-OH is 1. The fraction of sp³-hybridized carbons (Fsp3) is 0.800. The molecule has 1 aromatic rings. The van der Waals surface area contributed by atoms with Gasteiger partial charge < -0.3 is 5.11 Å².